The van der Waals surface area contributed by atoms with Gasteiger partial charge in [0, 0.05) is 39.1 Å². The van der Waals surface area contributed by atoms with E-state index >= 15 is 0 Å². The normalized spacial score (nSPS) is 17.7. The van der Waals surface area contributed by atoms with Gasteiger partial charge < -0.3 is 10.1 Å². The van der Waals surface area contributed by atoms with Crippen LogP contribution in [0.1, 0.15) is 38.3 Å². The van der Waals surface area contributed by atoms with Crippen molar-refractivity contribution in [2.24, 2.45) is 0 Å². The quantitative estimate of drug-likeness (QED) is 0.662. The summed E-state index contributed by atoms with van der Waals surface area (Å²) in [7, 11) is 0. The fourth-order valence-corrected chi connectivity index (χ4v) is 2.75. The van der Waals surface area contributed by atoms with Crippen molar-refractivity contribution >= 4 is 5.97 Å². The van der Waals surface area contributed by atoms with Crippen LogP contribution in [0.3, 0.4) is 0 Å². The van der Waals surface area contributed by atoms with Gasteiger partial charge in [0.15, 0.2) is 0 Å². The molecule has 1 aromatic carbocycles. The smallest absolute Gasteiger partial charge is 0.308 e. The van der Waals surface area contributed by atoms with Gasteiger partial charge in [-0.05, 0) is 24.1 Å². The van der Waals surface area contributed by atoms with Crippen molar-refractivity contribution in [1.29, 1.82) is 0 Å². The van der Waals surface area contributed by atoms with Crippen molar-refractivity contribution in [2.75, 3.05) is 26.2 Å². The Morgan fingerprint density at radius 2 is 1.95 bits per heavy atom. The Labute approximate surface area is 121 Å². The summed E-state index contributed by atoms with van der Waals surface area (Å²) in [5.41, 5.74) is 1.31. The summed E-state index contributed by atoms with van der Waals surface area (Å²) in [5, 5.41) is 3.39. The predicted octanol–water partition coefficient (Wildman–Crippen LogP) is 2.36. The second-order valence-corrected chi connectivity index (χ2v) is 5.25. The lowest BCUT2D eigenvalue weighted by Gasteiger charge is -2.35. The standard InChI is InChI=1S/C16H24N2O2/c1-3-4-16(18-11-9-17-10-12-18)14-5-7-15(8-6-14)20-13(2)19/h5-8,16-17H,3-4,9-12H2,1-2H3/t16-/m1/s1. The van der Waals surface area contributed by atoms with Gasteiger partial charge in [-0.25, -0.2) is 0 Å². The molecule has 1 saturated heterocycles. The topological polar surface area (TPSA) is 41.6 Å². The summed E-state index contributed by atoms with van der Waals surface area (Å²) >= 11 is 0. The molecule has 1 aliphatic rings. The molecule has 0 unspecified atom stereocenters. The summed E-state index contributed by atoms with van der Waals surface area (Å²) in [4.78, 5) is 13.5. The molecule has 0 saturated carbocycles. The minimum absolute atomic E-state index is 0.273. The fourth-order valence-electron chi connectivity index (χ4n) is 2.75. The molecule has 0 aliphatic carbocycles. The van der Waals surface area contributed by atoms with E-state index < -0.39 is 0 Å². The summed E-state index contributed by atoms with van der Waals surface area (Å²) in [5.74, 6) is 0.349. The molecule has 2 rings (SSSR count). The molecule has 1 fully saturated rings. The van der Waals surface area contributed by atoms with E-state index in [1.54, 1.807) is 0 Å². The summed E-state index contributed by atoms with van der Waals surface area (Å²) in [6, 6.07) is 8.42. The van der Waals surface area contributed by atoms with Gasteiger partial charge in [0.2, 0.25) is 0 Å². The zero-order chi connectivity index (χ0) is 14.4. The third-order valence-corrected chi connectivity index (χ3v) is 3.68. The second-order valence-electron chi connectivity index (χ2n) is 5.25. The second kappa shape index (κ2) is 7.41. The Bertz CT molecular complexity index is 425. The minimum Gasteiger partial charge on any atom is -0.427 e. The van der Waals surface area contributed by atoms with Gasteiger partial charge in [-0.1, -0.05) is 25.5 Å². The first-order valence-corrected chi connectivity index (χ1v) is 7.44. The monoisotopic (exact) mass is 276 g/mol. The van der Waals surface area contributed by atoms with Crippen LogP contribution in [-0.4, -0.2) is 37.0 Å². The van der Waals surface area contributed by atoms with Gasteiger partial charge in [0.05, 0.1) is 0 Å². The van der Waals surface area contributed by atoms with Crippen LogP contribution >= 0.6 is 0 Å². The van der Waals surface area contributed by atoms with Crippen LogP contribution in [0.15, 0.2) is 24.3 Å². The first-order chi connectivity index (χ1) is 9.70. The lowest BCUT2D eigenvalue weighted by atomic mass is 10.00. The van der Waals surface area contributed by atoms with Gasteiger partial charge >= 0.3 is 5.97 Å². The van der Waals surface area contributed by atoms with Gasteiger partial charge in [-0.3, -0.25) is 9.69 Å². The van der Waals surface area contributed by atoms with Gasteiger partial charge in [0.25, 0.3) is 0 Å². The number of nitrogens with zero attached hydrogens (tertiary/aromatic N) is 1. The summed E-state index contributed by atoms with van der Waals surface area (Å²) < 4.78 is 5.09. The zero-order valence-corrected chi connectivity index (χ0v) is 12.4. The van der Waals surface area contributed by atoms with Crippen molar-refractivity contribution in [3.05, 3.63) is 29.8 Å². The number of hydrogen-bond donors (Lipinski definition) is 1. The third kappa shape index (κ3) is 4.05. The lowest BCUT2D eigenvalue weighted by Crippen LogP contribution is -2.45. The molecule has 20 heavy (non-hydrogen) atoms. The number of piperazine rings is 1. The molecule has 0 aromatic heterocycles. The van der Waals surface area contributed by atoms with Crippen LogP contribution < -0.4 is 10.1 Å². The largest absolute Gasteiger partial charge is 0.427 e. The maximum absolute atomic E-state index is 10.9. The van der Waals surface area contributed by atoms with Crippen LogP contribution in [-0.2, 0) is 4.79 Å². The third-order valence-electron chi connectivity index (χ3n) is 3.68. The molecule has 1 N–H and O–H groups in total. The van der Waals surface area contributed by atoms with Crippen molar-refractivity contribution in [1.82, 2.24) is 10.2 Å². The van der Waals surface area contributed by atoms with E-state index in [-0.39, 0.29) is 5.97 Å². The van der Waals surface area contributed by atoms with E-state index in [1.165, 1.54) is 18.9 Å². The van der Waals surface area contributed by atoms with Crippen molar-refractivity contribution in [3.8, 4) is 5.75 Å². The first kappa shape index (κ1) is 15.0. The average molecular weight is 276 g/mol. The van der Waals surface area contributed by atoms with E-state index in [0.29, 0.717) is 11.8 Å². The van der Waals surface area contributed by atoms with E-state index in [1.807, 2.05) is 12.1 Å². The maximum Gasteiger partial charge on any atom is 0.308 e. The molecule has 1 aromatic rings. The minimum atomic E-state index is -0.273. The van der Waals surface area contributed by atoms with Gasteiger partial charge in [0.1, 0.15) is 5.75 Å². The molecule has 1 heterocycles. The highest BCUT2D eigenvalue weighted by molar-refractivity contribution is 5.69. The van der Waals surface area contributed by atoms with Crippen LogP contribution in [0.2, 0.25) is 0 Å². The predicted molar refractivity (Wildman–Crippen MR) is 79.8 cm³/mol. The molecular formula is C16H24N2O2. The molecule has 4 heteroatoms. The Kier molecular flexibility index (Phi) is 5.56. The van der Waals surface area contributed by atoms with Crippen LogP contribution in [0, 0.1) is 0 Å². The molecule has 0 radical (unpaired) electrons. The van der Waals surface area contributed by atoms with E-state index in [2.05, 4.69) is 29.3 Å². The Morgan fingerprint density at radius 1 is 1.30 bits per heavy atom. The highest BCUT2D eigenvalue weighted by Gasteiger charge is 2.21. The Hall–Kier alpha value is -1.39. The zero-order valence-electron chi connectivity index (χ0n) is 12.4. The molecule has 1 aliphatic heterocycles. The van der Waals surface area contributed by atoms with Crippen molar-refractivity contribution < 1.29 is 9.53 Å². The number of carbonyl (C=O) groups excluding carboxylic acids is 1. The highest BCUT2D eigenvalue weighted by atomic mass is 16.5. The molecular weight excluding hydrogens is 252 g/mol. The van der Waals surface area contributed by atoms with E-state index in [4.69, 9.17) is 4.74 Å². The fraction of sp³-hybridized carbons (Fsp3) is 0.562. The number of hydrogen-bond acceptors (Lipinski definition) is 4. The lowest BCUT2D eigenvalue weighted by molar-refractivity contribution is -0.131. The van der Waals surface area contributed by atoms with Crippen LogP contribution in [0.4, 0.5) is 0 Å². The van der Waals surface area contributed by atoms with E-state index in [0.717, 1.165) is 32.6 Å². The number of ether oxygens (including phenoxy) is 1. The summed E-state index contributed by atoms with van der Waals surface area (Å²) in [6.07, 6.45) is 2.33. The van der Waals surface area contributed by atoms with Gasteiger partial charge in [-0.15, -0.1) is 0 Å². The van der Waals surface area contributed by atoms with Crippen molar-refractivity contribution in [3.63, 3.8) is 0 Å². The Morgan fingerprint density at radius 3 is 2.50 bits per heavy atom. The van der Waals surface area contributed by atoms with Crippen LogP contribution in [0.25, 0.3) is 0 Å². The molecule has 0 bridgehead atoms. The Balaban J connectivity index is 2.09. The maximum atomic E-state index is 10.9. The summed E-state index contributed by atoms with van der Waals surface area (Å²) in [6.45, 7) is 7.96. The van der Waals surface area contributed by atoms with E-state index in [9.17, 15) is 4.79 Å². The molecule has 0 spiro atoms. The molecule has 1 atom stereocenters. The number of rotatable bonds is 5. The van der Waals surface area contributed by atoms with Crippen LogP contribution in [0.5, 0.6) is 5.75 Å². The number of nitrogens with one attached hydrogen (secondary N) is 1. The van der Waals surface area contributed by atoms with Crippen molar-refractivity contribution in [2.45, 2.75) is 32.7 Å². The van der Waals surface area contributed by atoms with Gasteiger partial charge in [-0.2, -0.15) is 0 Å². The number of benzene rings is 1. The number of esters is 1. The highest BCUT2D eigenvalue weighted by Crippen LogP contribution is 2.27. The molecule has 0 amide bonds. The number of carbonyl (C=O) groups is 1. The SMILES string of the molecule is CCC[C@H](c1ccc(OC(C)=O)cc1)N1CCNCC1. The molecule has 4 nitrogen and oxygen atoms in total. The molecule has 110 valence electrons. The first-order valence-electron chi connectivity index (χ1n) is 7.44. The average Bonchev–Trinajstić information content (AvgIpc) is 2.46.